The second kappa shape index (κ2) is 3.83. The van der Waals surface area contributed by atoms with E-state index in [0.717, 1.165) is 5.46 Å². The summed E-state index contributed by atoms with van der Waals surface area (Å²) in [5, 5.41) is 0. The van der Waals surface area contributed by atoms with E-state index in [4.69, 9.17) is 15.9 Å². The fourth-order valence-corrected chi connectivity index (χ4v) is 1.58. The number of nitrogens with zero attached hydrogens (tertiary/aromatic N) is 2. The second-order valence-electron chi connectivity index (χ2n) is 5.15. The molecule has 1 aromatic heterocycles. The third kappa shape index (κ3) is 2.06. The zero-order valence-electron chi connectivity index (χ0n) is 10.5. The van der Waals surface area contributed by atoms with E-state index in [9.17, 15) is 0 Å². The lowest BCUT2D eigenvalue weighted by Gasteiger charge is -2.32. The molecule has 1 fully saturated rings. The highest BCUT2D eigenvalue weighted by molar-refractivity contribution is 6.62. The molecule has 0 saturated carbocycles. The van der Waals surface area contributed by atoms with E-state index in [-0.39, 0.29) is 11.2 Å². The van der Waals surface area contributed by atoms with Crippen molar-refractivity contribution in [3.8, 4) is 0 Å². The molecule has 1 aliphatic heterocycles. The molecule has 4 nitrogen and oxygen atoms in total. The van der Waals surface area contributed by atoms with Crippen LogP contribution in [0.3, 0.4) is 0 Å². The van der Waals surface area contributed by atoms with Gasteiger partial charge >= 0.3 is 7.12 Å². The van der Waals surface area contributed by atoms with Gasteiger partial charge in [-0.3, -0.25) is 0 Å². The van der Waals surface area contributed by atoms with Crippen LogP contribution in [0.25, 0.3) is 4.85 Å². The van der Waals surface area contributed by atoms with Crippen LogP contribution in [0, 0.1) is 6.57 Å². The summed E-state index contributed by atoms with van der Waals surface area (Å²) in [7, 11) is -0.410. The van der Waals surface area contributed by atoms with Gasteiger partial charge < -0.3 is 14.2 Å². The smallest absolute Gasteiger partial charge is 0.399 e. The first-order valence-electron chi connectivity index (χ1n) is 5.55. The predicted molar refractivity (Wildman–Crippen MR) is 66.2 cm³/mol. The molecule has 0 aliphatic carbocycles. The number of rotatable bonds is 1. The van der Waals surface area contributed by atoms with Gasteiger partial charge in [0.1, 0.15) is 6.20 Å². The maximum Gasteiger partial charge on any atom is 0.498 e. The Kier molecular flexibility index (Phi) is 2.72. The Bertz CT molecular complexity index is 446. The van der Waals surface area contributed by atoms with Crippen molar-refractivity contribution >= 4 is 18.4 Å². The van der Waals surface area contributed by atoms with Crippen LogP contribution < -0.4 is 5.46 Å². The zero-order chi connectivity index (χ0) is 12.7. The van der Waals surface area contributed by atoms with Gasteiger partial charge in [-0.05, 0) is 33.8 Å². The first-order valence-corrected chi connectivity index (χ1v) is 5.55. The van der Waals surface area contributed by atoms with Gasteiger partial charge in [0.05, 0.1) is 11.2 Å². The van der Waals surface area contributed by atoms with Crippen LogP contribution in [0.2, 0.25) is 0 Å². The molecule has 0 aromatic carbocycles. The minimum Gasteiger partial charge on any atom is -0.399 e. The van der Waals surface area contributed by atoms with Gasteiger partial charge in [-0.2, -0.15) is 0 Å². The molecule has 2 rings (SSSR count). The van der Waals surface area contributed by atoms with Crippen LogP contribution in [-0.2, 0) is 9.31 Å². The normalized spacial score (nSPS) is 21.2. The molecule has 1 aromatic rings. The van der Waals surface area contributed by atoms with Crippen LogP contribution >= 0.6 is 0 Å². The highest BCUT2D eigenvalue weighted by Crippen LogP contribution is 2.36. The minimum atomic E-state index is -0.410. The molecule has 0 atom stereocenters. The maximum absolute atomic E-state index is 6.85. The van der Waals surface area contributed by atoms with Crippen LogP contribution in [0.15, 0.2) is 18.3 Å². The second-order valence-corrected chi connectivity index (χ2v) is 5.15. The highest BCUT2D eigenvalue weighted by Gasteiger charge is 2.51. The summed E-state index contributed by atoms with van der Waals surface area (Å²) in [4.78, 5) is 7.28. The van der Waals surface area contributed by atoms with Crippen molar-refractivity contribution in [1.29, 1.82) is 0 Å². The van der Waals surface area contributed by atoms with E-state index in [1.165, 1.54) is 0 Å². The van der Waals surface area contributed by atoms with Gasteiger partial charge in [0.15, 0.2) is 0 Å². The summed E-state index contributed by atoms with van der Waals surface area (Å²) in [5.41, 5.74) is 0.141. The fourth-order valence-electron chi connectivity index (χ4n) is 1.58. The van der Waals surface area contributed by atoms with E-state index < -0.39 is 7.12 Å². The number of pyridine rings is 1. The van der Waals surface area contributed by atoms with Crippen LogP contribution in [0.5, 0.6) is 0 Å². The van der Waals surface area contributed by atoms with Crippen LogP contribution in [0.4, 0.5) is 5.82 Å². The summed E-state index contributed by atoms with van der Waals surface area (Å²) in [6, 6.07) is 3.50. The molecular formula is C12H15BN2O2. The molecule has 1 aliphatic rings. The lowest BCUT2D eigenvalue weighted by molar-refractivity contribution is 0.00578. The highest BCUT2D eigenvalue weighted by atomic mass is 16.7. The zero-order valence-corrected chi connectivity index (χ0v) is 10.5. The lowest BCUT2D eigenvalue weighted by atomic mass is 9.80. The maximum atomic E-state index is 6.85. The van der Waals surface area contributed by atoms with Gasteiger partial charge in [0.2, 0.25) is 0 Å². The molecule has 0 spiro atoms. The van der Waals surface area contributed by atoms with Gasteiger partial charge in [0.25, 0.3) is 5.82 Å². The molecule has 0 N–H and O–H groups in total. The van der Waals surface area contributed by atoms with Crippen molar-refractivity contribution in [2.24, 2.45) is 0 Å². The summed E-state index contributed by atoms with van der Waals surface area (Å²) < 4.78 is 11.8. The van der Waals surface area contributed by atoms with Crippen molar-refractivity contribution in [3.63, 3.8) is 0 Å². The minimum absolute atomic E-state index is 0.351. The standard InChI is InChI=1S/C12H15BN2O2/c1-11(2)12(3,4)17-13(16-11)9-6-7-10(14-5)15-8-9/h6-8H,1-4H3. The summed E-state index contributed by atoms with van der Waals surface area (Å²) >= 11 is 0. The summed E-state index contributed by atoms with van der Waals surface area (Å²) in [6.07, 6.45) is 1.63. The number of aromatic nitrogens is 1. The Balaban J connectivity index is 2.23. The van der Waals surface area contributed by atoms with Crippen molar-refractivity contribution in [3.05, 3.63) is 29.7 Å². The quantitative estimate of drug-likeness (QED) is 0.546. The Hall–Kier alpha value is -1.38. The van der Waals surface area contributed by atoms with E-state index in [0.29, 0.717) is 5.82 Å². The molecule has 0 radical (unpaired) electrons. The van der Waals surface area contributed by atoms with Crippen molar-refractivity contribution in [1.82, 2.24) is 4.98 Å². The average molecular weight is 230 g/mol. The topological polar surface area (TPSA) is 35.7 Å². The van der Waals surface area contributed by atoms with Crippen molar-refractivity contribution in [2.75, 3.05) is 0 Å². The molecule has 0 amide bonds. The van der Waals surface area contributed by atoms with Crippen molar-refractivity contribution in [2.45, 2.75) is 38.9 Å². The van der Waals surface area contributed by atoms with E-state index in [2.05, 4.69) is 9.83 Å². The molecule has 88 valence electrons. The monoisotopic (exact) mass is 230 g/mol. The van der Waals surface area contributed by atoms with E-state index in [1.807, 2.05) is 33.8 Å². The first kappa shape index (κ1) is 12.1. The molecule has 17 heavy (non-hydrogen) atoms. The molecule has 2 heterocycles. The van der Waals surface area contributed by atoms with Gasteiger partial charge in [-0.15, -0.1) is 4.98 Å². The van der Waals surface area contributed by atoms with E-state index in [1.54, 1.807) is 12.3 Å². The molecule has 0 bridgehead atoms. The molecule has 0 unspecified atom stereocenters. The SMILES string of the molecule is [C-]#[N+]c1ccc(B2OC(C)(C)C(C)(C)O2)cn1. The summed E-state index contributed by atoms with van der Waals surface area (Å²) in [6.45, 7) is 14.9. The van der Waals surface area contributed by atoms with Gasteiger partial charge in [-0.25, -0.2) is 0 Å². The van der Waals surface area contributed by atoms with Gasteiger partial charge in [0, 0.05) is 5.46 Å². The molecule has 5 heteroatoms. The largest absolute Gasteiger partial charge is 0.498 e. The molecule has 1 saturated heterocycles. The van der Waals surface area contributed by atoms with Crippen molar-refractivity contribution < 1.29 is 9.31 Å². The Morgan fingerprint density at radius 1 is 1.18 bits per heavy atom. The average Bonchev–Trinajstić information content (AvgIpc) is 2.48. The number of hydrogen-bond donors (Lipinski definition) is 0. The third-order valence-corrected chi connectivity index (χ3v) is 3.41. The van der Waals surface area contributed by atoms with E-state index >= 15 is 0 Å². The Labute approximate surface area is 102 Å². The Morgan fingerprint density at radius 3 is 2.18 bits per heavy atom. The molecular weight excluding hydrogens is 215 g/mol. The third-order valence-electron chi connectivity index (χ3n) is 3.41. The van der Waals surface area contributed by atoms with Gasteiger partial charge in [-0.1, -0.05) is 12.6 Å². The van der Waals surface area contributed by atoms with Crippen LogP contribution in [0.1, 0.15) is 27.7 Å². The predicted octanol–water partition coefficient (Wildman–Crippen LogP) is 1.93. The lowest BCUT2D eigenvalue weighted by Crippen LogP contribution is -2.41. The first-order chi connectivity index (χ1) is 7.86. The number of hydrogen-bond acceptors (Lipinski definition) is 3. The Morgan fingerprint density at radius 2 is 1.76 bits per heavy atom. The summed E-state index contributed by atoms with van der Waals surface area (Å²) in [5.74, 6) is 0.380. The fraction of sp³-hybridized carbons (Fsp3) is 0.500. The van der Waals surface area contributed by atoms with Crippen LogP contribution in [-0.4, -0.2) is 23.3 Å².